The molecule has 0 aliphatic heterocycles. The zero-order valence-corrected chi connectivity index (χ0v) is 14.2. The molecule has 0 unspecified atom stereocenters. The molecule has 2 rings (SSSR count). The maximum absolute atomic E-state index is 12.6. The third-order valence-corrected chi connectivity index (χ3v) is 3.56. The summed E-state index contributed by atoms with van der Waals surface area (Å²) >= 11 is 6.69. The summed E-state index contributed by atoms with van der Waals surface area (Å²) in [6.07, 6.45) is 1.61. The van der Waals surface area contributed by atoms with Crippen molar-refractivity contribution < 1.29 is 9.53 Å². The molecule has 0 fully saturated rings. The van der Waals surface area contributed by atoms with Crippen LogP contribution in [-0.4, -0.2) is 16.9 Å². The summed E-state index contributed by atoms with van der Waals surface area (Å²) in [5, 5.41) is 0. The van der Waals surface area contributed by atoms with E-state index in [-0.39, 0.29) is 11.9 Å². The van der Waals surface area contributed by atoms with E-state index in [1.54, 1.807) is 24.4 Å². The van der Waals surface area contributed by atoms with Crippen molar-refractivity contribution in [2.45, 2.75) is 20.0 Å². The normalized spacial score (nSPS) is 10.7. The standard InChI is InChI=1S/C15H13Br2NO2/c1-9(2)20-13-6-4-3-5-11(13)15(19)14-12(17)7-10(16)8-18-14/h3-9H,1-2H3. The van der Waals surface area contributed by atoms with Gasteiger partial charge in [-0.15, -0.1) is 0 Å². The van der Waals surface area contributed by atoms with E-state index in [0.29, 0.717) is 21.5 Å². The molecule has 5 heteroatoms. The monoisotopic (exact) mass is 397 g/mol. The Morgan fingerprint density at radius 2 is 1.95 bits per heavy atom. The van der Waals surface area contributed by atoms with Crippen molar-refractivity contribution >= 4 is 37.6 Å². The number of ether oxygens (including phenoxy) is 1. The summed E-state index contributed by atoms with van der Waals surface area (Å²) in [5.74, 6) is 0.407. The van der Waals surface area contributed by atoms with Gasteiger partial charge in [0.05, 0.1) is 11.7 Å². The summed E-state index contributed by atoms with van der Waals surface area (Å²) < 4.78 is 7.14. The van der Waals surface area contributed by atoms with E-state index in [2.05, 4.69) is 36.8 Å². The summed E-state index contributed by atoms with van der Waals surface area (Å²) in [5.41, 5.74) is 0.879. The lowest BCUT2D eigenvalue weighted by atomic mass is 10.1. The molecular weight excluding hydrogens is 386 g/mol. The van der Waals surface area contributed by atoms with Crippen LogP contribution < -0.4 is 4.74 Å². The molecule has 0 aliphatic rings. The highest BCUT2D eigenvalue weighted by Gasteiger charge is 2.19. The number of benzene rings is 1. The van der Waals surface area contributed by atoms with Gasteiger partial charge in [0.15, 0.2) is 0 Å². The molecule has 0 bridgehead atoms. The van der Waals surface area contributed by atoms with Gasteiger partial charge in [0.2, 0.25) is 5.78 Å². The fraction of sp³-hybridized carbons (Fsp3) is 0.200. The van der Waals surface area contributed by atoms with Crippen molar-refractivity contribution in [3.8, 4) is 5.75 Å². The molecule has 3 nitrogen and oxygen atoms in total. The van der Waals surface area contributed by atoms with Gasteiger partial charge in [0.1, 0.15) is 11.4 Å². The fourth-order valence-electron chi connectivity index (χ4n) is 1.72. The Balaban J connectivity index is 2.43. The van der Waals surface area contributed by atoms with Crippen LogP contribution in [-0.2, 0) is 0 Å². The van der Waals surface area contributed by atoms with Crippen LogP contribution in [0.25, 0.3) is 0 Å². The van der Waals surface area contributed by atoms with E-state index in [0.717, 1.165) is 4.47 Å². The molecule has 20 heavy (non-hydrogen) atoms. The minimum atomic E-state index is -0.166. The highest BCUT2D eigenvalue weighted by Crippen LogP contribution is 2.26. The lowest BCUT2D eigenvalue weighted by Gasteiger charge is -2.13. The number of hydrogen-bond donors (Lipinski definition) is 0. The van der Waals surface area contributed by atoms with Crippen LogP contribution in [0.15, 0.2) is 45.5 Å². The van der Waals surface area contributed by atoms with Crippen LogP contribution in [0.2, 0.25) is 0 Å². The van der Waals surface area contributed by atoms with Crippen LogP contribution in [0.5, 0.6) is 5.75 Å². The van der Waals surface area contributed by atoms with Crippen molar-refractivity contribution in [3.63, 3.8) is 0 Å². The van der Waals surface area contributed by atoms with Crippen LogP contribution >= 0.6 is 31.9 Å². The van der Waals surface area contributed by atoms with E-state index in [4.69, 9.17) is 4.74 Å². The molecule has 0 saturated carbocycles. The molecule has 1 aromatic heterocycles. The number of nitrogens with zero attached hydrogens (tertiary/aromatic N) is 1. The molecule has 0 spiro atoms. The van der Waals surface area contributed by atoms with Crippen molar-refractivity contribution in [1.29, 1.82) is 0 Å². The molecule has 1 heterocycles. The summed E-state index contributed by atoms with van der Waals surface area (Å²) in [4.78, 5) is 16.8. The first-order valence-electron chi connectivity index (χ1n) is 6.10. The zero-order valence-electron chi connectivity index (χ0n) is 11.1. The van der Waals surface area contributed by atoms with E-state index >= 15 is 0 Å². The maximum atomic E-state index is 12.6. The Labute approximate surface area is 134 Å². The van der Waals surface area contributed by atoms with Crippen LogP contribution in [0.4, 0.5) is 0 Å². The molecule has 104 valence electrons. The van der Waals surface area contributed by atoms with E-state index in [1.807, 2.05) is 26.0 Å². The number of carbonyl (C=O) groups is 1. The second-order valence-electron chi connectivity index (χ2n) is 4.48. The molecule has 0 radical (unpaired) electrons. The average Bonchev–Trinajstić information content (AvgIpc) is 2.38. The van der Waals surface area contributed by atoms with Gasteiger partial charge in [-0.25, -0.2) is 0 Å². The van der Waals surface area contributed by atoms with E-state index < -0.39 is 0 Å². The smallest absolute Gasteiger partial charge is 0.216 e. The number of pyridine rings is 1. The molecule has 0 atom stereocenters. The Kier molecular flexibility index (Phi) is 4.94. The summed E-state index contributed by atoms with van der Waals surface area (Å²) in [7, 11) is 0. The molecule has 0 aliphatic carbocycles. The first-order valence-corrected chi connectivity index (χ1v) is 7.69. The molecule has 0 N–H and O–H groups in total. The minimum Gasteiger partial charge on any atom is -0.490 e. The van der Waals surface area contributed by atoms with E-state index in [9.17, 15) is 4.79 Å². The Morgan fingerprint density at radius 3 is 2.60 bits per heavy atom. The fourth-order valence-corrected chi connectivity index (χ4v) is 2.89. The van der Waals surface area contributed by atoms with E-state index in [1.165, 1.54) is 0 Å². The van der Waals surface area contributed by atoms with Crippen LogP contribution in [0.1, 0.15) is 29.9 Å². The highest BCUT2D eigenvalue weighted by atomic mass is 79.9. The number of carbonyl (C=O) groups excluding carboxylic acids is 1. The molecule has 0 amide bonds. The Morgan fingerprint density at radius 1 is 1.25 bits per heavy atom. The highest BCUT2D eigenvalue weighted by molar-refractivity contribution is 9.11. The van der Waals surface area contributed by atoms with Gasteiger partial charge >= 0.3 is 0 Å². The Bertz CT molecular complexity index is 642. The molecule has 2 aromatic rings. The third-order valence-electron chi connectivity index (χ3n) is 2.52. The largest absolute Gasteiger partial charge is 0.490 e. The van der Waals surface area contributed by atoms with Gasteiger partial charge in [0.25, 0.3) is 0 Å². The lowest BCUT2D eigenvalue weighted by molar-refractivity contribution is 0.102. The lowest BCUT2D eigenvalue weighted by Crippen LogP contribution is -2.12. The number of ketones is 1. The number of rotatable bonds is 4. The molecular formula is C15H13Br2NO2. The van der Waals surface area contributed by atoms with Crippen molar-refractivity contribution in [2.24, 2.45) is 0 Å². The van der Waals surface area contributed by atoms with Gasteiger partial charge in [-0.3, -0.25) is 9.78 Å². The first kappa shape index (κ1) is 15.2. The predicted octanol–water partition coefficient (Wildman–Crippen LogP) is 4.62. The maximum Gasteiger partial charge on any atom is 0.216 e. The second-order valence-corrected chi connectivity index (χ2v) is 6.25. The molecule has 1 aromatic carbocycles. The topological polar surface area (TPSA) is 39.2 Å². The van der Waals surface area contributed by atoms with Crippen molar-refractivity contribution in [3.05, 3.63) is 56.7 Å². The minimum absolute atomic E-state index is 0.00488. The van der Waals surface area contributed by atoms with Crippen LogP contribution in [0, 0.1) is 0 Å². The average molecular weight is 399 g/mol. The van der Waals surface area contributed by atoms with Gasteiger partial charge in [-0.2, -0.15) is 0 Å². The van der Waals surface area contributed by atoms with Gasteiger partial charge in [-0.1, -0.05) is 12.1 Å². The SMILES string of the molecule is CC(C)Oc1ccccc1C(=O)c1ncc(Br)cc1Br. The van der Waals surface area contributed by atoms with Gasteiger partial charge < -0.3 is 4.74 Å². The number of para-hydroxylation sites is 1. The third kappa shape index (κ3) is 3.46. The first-order chi connectivity index (χ1) is 9.49. The number of halogens is 2. The predicted molar refractivity (Wildman–Crippen MR) is 85.3 cm³/mol. The van der Waals surface area contributed by atoms with Gasteiger partial charge in [-0.05, 0) is 63.9 Å². The second kappa shape index (κ2) is 6.50. The van der Waals surface area contributed by atoms with Crippen LogP contribution in [0.3, 0.4) is 0 Å². The molecule has 0 saturated heterocycles. The van der Waals surface area contributed by atoms with Gasteiger partial charge in [0, 0.05) is 15.1 Å². The van der Waals surface area contributed by atoms with Crippen molar-refractivity contribution in [2.75, 3.05) is 0 Å². The quantitative estimate of drug-likeness (QED) is 0.705. The number of aromatic nitrogens is 1. The number of hydrogen-bond acceptors (Lipinski definition) is 3. The zero-order chi connectivity index (χ0) is 14.7. The Hall–Kier alpha value is -1.20. The summed E-state index contributed by atoms with van der Waals surface area (Å²) in [6, 6.07) is 8.99. The van der Waals surface area contributed by atoms with Crippen molar-refractivity contribution in [1.82, 2.24) is 4.98 Å². The summed E-state index contributed by atoms with van der Waals surface area (Å²) in [6.45, 7) is 3.85.